The van der Waals surface area contributed by atoms with Crippen LogP contribution < -0.4 is 10.1 Å². The van der Waals surface area contributed by atoms with Gasteiger partial charge in [-0.3, -0.25) is 4.79 Å². The molecule has 2 aromatic carbocycles. The number of amides is 1. The number of hydrogen-bond acceptors (Lipinski definition) is 3. The molecule has 0 unspecified atom stereocenters. The van der Waals surface area contributed by atoms with Crippen LogP contribution in [0.4, 0.5) is 5.69 Å². The van der Waals surface area contributed by atoms with Crippen LogP contribution in [-0.4, -0.2) is 21.6 Å². The van der Waals surface area contributed by atoms with E-state index >= 15 is 0 Å². The van der Waals surface area contributed by atoms with Gasteiger partial charge in [-0.05, 0) is 50.6 Å². The summed E-state index contributed by atoms with van der Waals surface area (Å²) in [4.78, 5) is 16.9. The number of para-hydroxylation sites is 1. The number of aryl methyl sites for hydroxylation is 1. The molecule has 0 bridgehead atoms. The SMILES string of the molecule is Cc1nccn1Cc1ccccc1NC(=O)c1cccc(OC(C)C)c1. The highest BCUT2D eigenvalue weighted by Gasteiger charge is 2.11. The van der Waals surface area contributed by atoms with Crippen molar-refractivity contribution in [1.29, 1.82) is 0 Å². The fourth-order valence-corrected chi connectivity index (χ4v) is 2.71. The smallest absolute Gasteiger partial charge is 0.255 e. The van der Waals surface area contributed by atoms with E-state index in [-0.39, 0.29) is 12.0 Å². The van der Waals surface area contributed by atoms with Crippen molar-refractivity contribution in [3.63, 3.8) is 0 Å². The zero-order valence-electron chi connectivity index (χ0n) is 15.3. The Kier molecular flexibility index (Phi) is 5.37. The molecular weight excluding hydrogens is 326 g/mol. The molecule has 134 valence electrons. The van der Waals surface area contributed by atoms with Crippen molar-refractivity contribution >= 4 is 11.6 Å². The third-order valence-corrected chi connectivity index (χ3v) is 4.00. The third-order valence-electron chi connectivity index (χ3n) is 4.00. The summed E-state index contributed by atoms with van der Waals surface area (Å²) < 4.78 is 7.72. The number of anilines is 1. The molecule has 1 aromatic heterocycles. The highest BCUT2D eigenvalue weighted by atomic mass is 16.5. The van der Waals surface area contributed by atoms with Crippen LogP contribution in [0.5, 0.6) is 5.75 Å². The summed E-state index contributed by atoms with van der Waals surface area (Å²) in [7, 11) is 0. The van der Waals surface area contributed by atoms with Gasteiger partial charge in [0.1, 0.15) is 11.6 Å². The van der Waals surface area contributed by atoms with Gasteiger partial charge >= 0.3 is 0 Å². The number of rotatable bonds is 6. The van der Waals surface area contributed by atoms with Crippen LogP contribution in [0.25, 0.3) is 0 Å². The van der Waals surface area contributed by atoms with Crippen molar-refractivity contribution in [2.45, 2.75) is 33.4 Å². The molecule has 0 spiro atoms. The van der Waals surface area contributed by atoms with Crippen molar-refractivity contribution in [3.05, 3.63) is 77.9 Å². The first-order chi connectivity index (χ1) is 12.5. The van der Waals surface area contributed by atoms with Gasteiger partial charge in [-0.1, -0.05) is 24.3 Å². The Morgan fingerprint density at radius 3 is 2.73 bits per heavy atom. The minimum atomic E-state index is -0.158. The van der Waals surface area contributed by atoms with Gasteiger partial charge in [0.2, 0.25) is 0 Å². The van der Waals surface area contributed by atoms with Gasteiger partial charge in [0, 0.05) is 23.6 Å². The topological polar surface area (TPSA) is 56.2 Å². The monoisotopic (exact) mass is 349 g/mol. The van der Waals surface area contributed by atoms with Gasteiger partial charge in [-0.2, -0.15) is 0 Å². The van der Waals surface area contributed by atoms with E-state index in [9.17, 15) is 4.79 Å². The van der Waals surface area contributed by atoms with Gasteiger partial charge in [0.15, 0.2) is 0 Å². The van der Waals surface area contributed by atoms with Crippen molar-refractivity contribution < 1.29 is 9.53 Å². The predicted molar refractivity (Wildman–Crippen MR) is 103 cm³/mol. The second kappa shape index (κ2) is 7.87. The molecule has 0 saturated heterocycles. The molecule has 0 atom stereocenters. The summed E-state index contributed by atoms with van der Waals surface area (Å²) in [5.74, 6) is 1.47. The summed E-state index contributed by atoms with van der Waals surface area (Å²) in [6.07, 6.45) is 3.77. The Balaban J connectivity index is 1.79. The van der Waals surface area contributed by atoms with E-state index in [2.05, 4.69) is 10.3 Å². The predicted octanol–water partition coefficient (Wildman–Crippen LogP) is 4.28. The van der Waals surface area contributed by atoms with Gasteiger partial charge < -0.3 is 14.6 Å². The molecule has 1 N–H and O–H groups in total. The van der Waals surface area contributed by atoms with E-state index < -0.39 is 0 Å². The molecule has 0 saturated carbocycles. The van der Waals surface area contributed by atoms with Crippen LogP contribution in [0.15, 0.2) is 60.9 Å². The molecule has 1 amide bonds. The van der Waals surface area contributed by atoms with Gasteiger partial charge in [-0.25, -0.2) is 4.98 Å². The number of carbonyl (C=O) groups is 1. The lowest BCUT2D eigenvalue weighted by molar-refractivity contribution is 0.102. The Hall–Kier alpha value is -3.08. The Labute approximate surface area is 153 Å². The number of ether oxygens (including phenoxy) is 1. The van der Waals surface area contributed by atoms with E-state index in [1.807, 2.05) is 67.9 Å². The second-order valence-corrected chi connectivity index (χ2v) is 6.41. The summed E-state index contributed by atoms with van der Waals surface area (Å²) in [5.41, 5.74) is 2.38. The molecular formula is C21H23N3O2. The first kappa shape index (κ1) is 17.7. The van der Waals surface area contributed by atoms with E-state index in [1.165, 1.54) is 0 Å². The molecule has 0 aliphatic carbocycles. The molecule has 5 nitrogen and oxygen atoms in total. The van der Waals surface area contributed by atoms with E-state index in [0.717, 1.165) is 17.1 Å². The van der Waals surface area contributed by atoms with Crippen molar-refractivity contribution in [2.24, 2.45) is 0 Å². The second-order valence-electron chi connectivity index (χ2n) is 6.41. The van der Waals surface area contributed by atoms with Crippen molar-refractivity contribution in [1.82, 2.24) is 9.55 Å². The van der Waals surface area contributed by atoms with Gasteiger partial charge in [0.05, 0.1) is 12.6 Å². The highest BCUT2D eigenvalue weighted by molar-refractivity contribution is 6.04. The van der Waals surface area contributed by atoms with Crippen LogP contribution >= 0.6 is 0 Å². The van der Waals surface area contributed by atoms with Gasteiger partial charge in [-0.15, -0.1) is 0 Å². The quantitative estimate of drug-likeness (QED) is 0.723. The van der Waals surface area contributed by atoms with Crippen LogP contribution in [-0.2, 0) is 6.54 Å². The van der Waals surface area contributed by atoms with Crippen LogP contribution in [0, 0.1) is 6.92 Å². The number of aromatic nitrogens is 2. The average molecular weight is 349 g/mol. The number of benzene rings is 2. The Morgan fingerprint density at radius 2 is 2.00 bits per heavy atom. The standard InChI is InChI=1S/C21H23N3O2/c1-15(2)26-19-9-6-8-17(13-19)21(25)23-20-10-5-4-7-18(20)14-24-12-11-22-16(24)3/h4-13,15H,14H2,1-3H3,(H,23,25). The maximum absolute atomic E-state index is 12.7. The Morgan fingerprint density at radius 1 is 1.19 bits per heavy atom. The first-order valence-electron chi connectivity index (χ1n) is 8.66. The minimum Gasteiger partial charge on any atom is -0.491 e. The summed E-state index contributed by atoms with van der Waals surface area (Å²) >= 11 is 0. The molecule has 26 heavy (non-hydrogen) atoms. The fourth-order valence-electron chi connectivity index (χ4n) is 2.71. The van der Waals surface area contributed by atoms with Crippen LogP contribution in [0.3, 0.4) is 0 Å². The minimum absolute atomic E-state index is 0.0625. The third kappa shape index (κ3) is 4.30. The van der Waals surface area contributed by atoms with Crippen LogP contribution in [0.1, 0.15) is 35.6 Å². The lowest BCUT2D eigenvalue weighted by Gasteiger charge is -2.14. The van der Waals surface area contributed by atoms with E-state index in [1.54, 1.807) is 18.3 Å². The summed E-state index contributed by atoms with van der Waals surface area (Å²) in [6, 6.07) is 15.0. The number of hydrogen-bond donors (Lipinski definition) is 1. The molecule has 3 rings (SSSR count). The molecule has 1 heterocycles. The molecule has 0 radical (unpaired) electrons. The largest absolute Gasteiger partial charge is 0.491 e. The lowest BCUT2D eigenvalue weighted by atomic mass is 10.1. The molecule has 0 aliphatic rings. The molecule has 5 heteroatoms. The Bertz CT molecular complexity index is 900. The maximum Gasteiger partial charge on any atom is 0.255 e. The summed E-state index contributed by atoms with van der Waals surface area (Å²) in [6.45, 7) is 6.53. The molecule has 0 fully saturated rings. The van der Waals surface area contributed by atoms with E-state index in [4.69, 9.17) is 4.74 Å². The summed E-state index contributed by atoms with van der Waals surface area (Å²) in [5, 5.41) is 3.01. The number of nitrogens with one attached hydrogen (secondary N) is 1. The fraction of sp³-hybridized carbons (Fsp3) is 0.238. The van der Waals surface area contributed by atoms with Crippen molar-refractivity contribution in [3.8, 4) is 5.75 Å². The van der Waals surface area contributed by atoms with Crippen LogP contribution in [0.2, 0.25) is 0 Å². The number of imidazole rings is 1. The molecule has 3 aromatic rings. The zero-order chi connectivity index (χ0) is 18.5. The zero-order valence-corrected chi connectivity index (χ0v) is 15.3. The normalized spacial score (nSPS) is 10.8. The molecule has 0 aliphatic heterocycles. The maximum atomic E-state index is 12.7. The van der Waals surface area contributed by atoms with E-state index in [0.29, 0.717) is 17.9 Å². The highest BCUT2D eigenvalue weighted by Crippen LogP contribution is 2.20. The first-order valence-corrected chi connectivity index (χ1v) is 8.66. The van der Waals surface area contributed by atoms with Crippen molar-refractivity contribution in [2.75, 3.05) is 5.32 Å². The number of carbonyl (C=O) groups excluding carboxylic acids is 1. The average Bonchev–Trinajstić information content (AvgIpc) is 3.01. The lowest BCUT2D eigenvalue weighted by Crippen LogP contribution is -2.15. The van der Waals surface area contributed by atoms with Gasteiger partial charge in [0.25, 0.3) is 5.91 Å². The number of nitrogens with zero attached hydrogens (tertiary/aromatic N) is 2.